The van der Waals surface area contributed by atoms with E-state index in [1.54, 1.807) is 22.0 Å². The third-order valence-electron chi connectivity index (χ3n) is 10.7. The van der Waals surface area contributed by atoms with Crippen LogP contribution in [-0.2, 0) is 19.1 Å². The average molecular weight is 592 g/mol. The zero-order chi connectivity index (χ0) is 30.9. The van der Waals surface area contributed by atoms with Crippen molar-refractivity contribution in [1.29, 1.82) is 0 Å². The Hall–Kier alpha value is -2.97. The first-order valence-electron chi connectivity index (χ1n) is 16.2. The number of carbonyl (C=O) groups excluding carboxylic acids is 3. The Bertz CT molecular complexity index is 1220. The molecule has 0 aromatic heterocycles. The normalized spacial score (nSPS) is 32.4. The molecular weight excluding hydrogens is 542 g/mol. The van der Waals surface area contributed by atoms with Crippen molar-refractivity contribution in [3.8, 4) is 0 Å². The van der Waals surface area contributed by atoms with Crippen molar-refractivity contribution in [1.82, 2.24) is 14.7 Å². The Morgan fingerprint density at radius 3 is 2.40 bits per heavy atom. The van der Waals surface area contributed by atoms with Gasteiger partial charge in [-0.15, -0.1) is 13.2 Å². The molecule has 1 aromatic rings. The summed E-state index contributed by atoms with van der Waals surface area (Å²) in [7, 11) is 0. The number of hydrogen-bond acceptors (Lipinski definition) is 5. The summed E-state index contributed by atoms with van der Waals surface area (Å²) in [6.07, 6.45) is 9.79. The van der Waals surface area contributed by atoms with Crippen LogP contribution in [0.15, 0.2) is 55.6 Å². The molecule has 43 heavy (non-hydrogen) atoms. The SMILES string of the molecule is C=CCN(CCC)C(=O)[C@@H]1[C@H]2C(=O)N([C@H](CO)c3ccccc3)C(C(=O)N(CC=C)C3CCCCC3)C23CC(C)[C@@]1(C)O3. The molecule has 2 bridgehead atoms. The first-order valence-corrected chi connectivity index (χ1v) is 16.2. The Labute approximate surface area is 256 Å². The summed E-state index contributed by atoms with van der Waals surface area (Å²) in [4.78, 5) is 49.5. The molecular formula is C35H49N3O5. The van der Waals surface area contributed by atoms with Crippen LogP contribution in [0.4, 0.5) is 0 Å². The highest BCUT2D eigenvalue weighted by Crippen LogP contribution is 2.66. The highest BCUT2D eigenvalue weighted by Gasteiger charge is 2.80. The van der Waals surface area contributed by atoms with Gasteiger partial charge in [-0.25, -0.2) is 0 Å². The number of ether oxygens (including phenoxy) is 1. The molecule has 4 fully saturated rings. The van der Waals surface area contributed by atoms with E-state index >= 15 is 4.79 Å². The Morgan fingerprint density at radius 1 is 1.12 bits per heavy atom. The molecule has 0 radical (unpaired) electrons. The fraction of sp³-hybridized carbons (Fsp3) is 0.629. The van der Waals surface area contributed by atoms with Crippen molar-refractivity contribution in [2.24, 2.45) is 17.8 Å². The van der Waals surface area contributed by atoms with E-state index < -0.39 is 35.1 Å². The van der Waals surface area contributed by atoms with Crippen molar-refractivity contribution in [2.75, 3.05) is 26.2 Å². The van der Waals surface area contributed by atoms with Gasteiger partial charge in [-0.05, 0) is 44.1 Å². The third-order valence-corrected chi connectivity index (χ3v) is 10.7. The van der Waals surface area contributed by atoms with Gasteiger partial charge in [0, 0.05) is 25.7 Å². The van der Waals surface area contributed by atoms with Crippen molar-refractivity contribution in [3.05, 3.63) is 61.2 Å². The standard InChI is InChI=1S/C35H49N3O5/c1-6-19-36(20-7-2)31(40)28-29-32(41)38(27(23-39)25-15-11-9-12-16-25)30(35(29)22-24(4)34(28,5)43-35)33(42)37(21-8-3)26-17-13-10-14-18-26/h6,8-9,11-12,15-16,24,26-30,39H,1,3,7,10,13-14,17-23H2,2,4-5H3/t24?,27-,28+,29+,30?,34-,35?/m1/s1. The van der Waals surface area contributed by atoms with Crippen LogP contribution in [0, 0.1) is 17.8 Å². The molecule has 1 spiro atoms. The van der Waals surface area contributed by atoms with Gasteiger partial charge in [-0.2, -0.15) is 0 Å². The first-order chi connectivity index (χ1) is 20.7. The van der Waals surface area contributed by atoms with Crippen LogP contribution in [0.2, 0.25) is 0 Å². The highest BCUT2D eigenvalue weighted by atomic mass is 16.5. The maximum absolute atomic E-state index is 15.0. The smallest absolute Gasteiger partial charge is 0.248 e. The first kappa shape index (κ1) is 31.5. The maximum atomic E-state index is 15.0. The summed E-state index contributed by atoms with van der Waals surface area (Å²) >= 11 is 0. The summed E-state index contributed by atoms with van der Waals surface area (Å²) in [6.45, 7) is 14.8. The summed E-state index contributed by atoms with van der Waals surface area (Å²) in [5, 5.41) is 10.8. The number of fused-ring (bicyclic) bond motifs is 1. The molecule has 1 saturated carbocycles. The topological polar surface area (TPSA) is 90.4 Å². The minimum atomic E-state index is -1.18. The Kier molecular flexibility index (Phi) is 9.19. The third kappa shape index (κ3) is 5.04. The quantitative estimate of drug-likeness (QED) is 0.362. The molecule has 3 heterocycles. The van der Waals surface area contributed by atoms with E-state index in [9.17, 15) is 14.7 Å². The van der Waals surface area contributed by atoms with Crippen molar-refractivity contribution < 1.29 is 24.2 Å². The van der Waals surface area contributed by atoms with Gasteiger partial charge in [0.1, 0.15) is 11.6 Å². The summed E-state index contributed by atoms with van der Waals surface area (Å²) < 4.78 is 7.01. The zero-order valence-electron chi connectivity index (χ0n) is 26.1. The fourth-order valence-corrected chi connectivity index (χ4v) is 8.72. The summed E-state index contributed by atoms with van der Waals surface area (Å²) in [6, 6.07) is 7.72. The van der Waals surface area contributed by atoms with Crippen LogP contribution < -0.4 is 0 Å². The number of carbonyl (C=O) groups is 3. The number of hydrogen-bond donors (Lipinski definition) is 1. The van der Waals surface area contributed by atoms with Gasteiger partial charge in [-0.1, -0.05) is 75.6 Å². The van der Waals surface area contributed by atoms with E-state index in [-0.39, 0.29) is 36.3 Å². The molecule has 3 aliphatic heterocycles. The van der Waals surface area contributed by atoms with E-state index in [4.69, 9.17) is 4.74 Å². The van der Waals surface area contributed by atoms with Gasteiger partial charge in [0.05, 0.1) is 30.1 Å². The molecule has 234 valence electrons. The number of likely N-dealkylation sites (tertiary alicyclic amines) is 1. The second kappa shape index (κ2) is 12.6. The molecule has 3 amide bonds. The Morgan fingerprint density at radius 2 is 1.79 bits per heavy atom. The molecule has 1 N–H and O–H groups in total. The molecule has 8 nitrogen and oxygen atoms in total. The number of benzene rings is 1. The van der Waals surface area contributed by atoms with E-state index in [1.807, 2.05) is 49.1 Å². The molecule has 3 saturated heterocycles. The predicted octanol–water partition coefficient (Wildman–Crippen LogP) is 4.50. The van der Waals surface area contributed by atoms with Crippen LogP contribution in [-0.4, -0.2) is 87.1 Å². The van der Waals surface area contributed by atoms with E-state index in [1.165, 1.54) is 0 Å². The molecule has 1 aliphatic carbocycles. The van der Waals surface area contributed by atoms with Crippen LogP contribution >= 0.6 is 0 Å². The summed E-state index contributed by atoms with van der Waals surface area (Å²) in [5.41, 5.74) is -1.33. The molecule has 3 unspecified atom stereocenters. The summed E-state index contributed by atoms with van der Waals surface area (Å²) in [5.74, 6) is -2.20. The Balaban J connectivity index is 1.66. The minimum Gasteiger partial charge on any atom is -0.394 e. The molecule has 4 aliphatic rings. The largest absolute Gasteiger partial charge is 0.394 e. The average Bonchev–Trinajstić information content (AvgIpc) is 3.53. The maximum Gasteiger partial charge on any atom is 0.248 e. The molecule has 8 heteroatoms. The van der Waals surface area contributed by atoms with E-state index in [0.717, 1.165) is 44.1 Å². The number of nitrogens with zero attached hydrogens (tertiary/aromatic N) is 3. The monoisotopic (exact) mass is 591 g/mol. The minimum absolute atomic E-state index is 0.0487. The molecule has 1 aromatic carbocycles. The lowest BCUT2D eigenvalue weighted by Gasteiger charge is -2.42. The van der Waals surface area contributed by atoms with E-state index in [2.05, 4.69) is 20.1 Å². The number of aliphatic hydroxyl groups excluding tert-OH is 1. The van der Waals surface area contributed by atoms with Gasteiger partial charge in [0.25, 0.3) is 0 Å². The van der Waals surface area contributed by atoms with Crippen LogP contribution in [0.25, 0.3) is 0 Å². The second-order valence-corrected chi connectivity index (χ2v) is 13.2. The van der Waals surface area contributed by atoms with Gasteiger partial charge >= 0.3 is 0 Å². The van der Waals surface area contributed by atoms with Gasteiger partial charge in [-0.3, -0.25) is 14.4 Å². The van der Waals surface area contributed by atoms with Crippen molar-refractivity contribution in [3.63, 3.8) is 0 Å². The second-order valence-electron chi connectivity index (χ2n) is 13.2. The predicted molar refractivity (Wildman–Crippen MR) is 166 cm³/mol. The van der Waals surface area contributed by atoms with Crippen LogP contribution in [0.3, 0.4) is 0 Å². The van der Waals surface area contributed by atoms with E-state index in [0.29, 0.717) is 26.1 Å². The van der Waals surface area contributed by atoms with Gasteiger partial charge in [0.15, 0.2) is 0 Å². The molecule has 7 atom stereocenters. The number of rotatable bonds is 12. The van der Waals surface area contributed by atoms with Crippen LogP contribution in [0.5, 0.6) is 0 Å². The van der Waals surface area contributed by atoms with Crippen LogP contribution in [0.1, 0.15) is 77.3 Å². The number of amides is 3. The van der Waals surface area contributed by atoms with Crippen molar-refractivity contribution in [2.45, 2.75) is 95.0 Å². The van der Waals surface area contributed by atoms with Gasteiger partial charge < -0.3 is 24.5 Å². The number of aliphatic hydroxyl groups is 1. The molecule has 5 rings (SSSR count). The fourth-order valence-electron chi connectivity index (χ4n) is 8.72. The van der Waals surface area contributed by atoms with Gasteiger partial charge in [0.2, 0.25) is 17.7 Å². The lowest BCUT2D eigenvalue weighted by molar-refractivity contribution is -0.159. The van der Waals surface area contributed by atoms with Crippen molar-refractivity contribution >= 4 is 17.7 Å². The lowest BCUT2D eigenvalue weighted by Crippen LogP contribution is -2.59. The zero-order valence-corrected chi connectivity index (χ0v) is 26.1. The highest BCUT2D eigenvalue weighted by molar-refractivity contribution is 5.99. The lowest BCUT2D eigenvalue weighted by atomic mass is 9.62.